The zero-order valence-electron chi connectivity index (χ0n) is 11.9. The summed E-state index contributed by atoms with van der Waals surface area (Å²) in [5.41, 5.74) is 2.96. The average Bonchev–Trinajstić information content (AvgIpc) is 2.44. The second-order valence-corrected chi connectivity index (χ2v) is 5.19. The number of rotatable bonds is 3. The Labute approximate surface area is 128 Å². The van der Waals surface area contributed by atoms with Gasteiger partial charge >= 0.3 is 0 Å². The van der Waals surface area contributed by atoms with Crippen molar-refractivity contribution in [2.75, 3.05) is 5.32 Å². The molecule has 0 aliphatic heterocycles. The lowest BCUT2D eigenvalue weighted by Gasteiger charge is -2.07. The topological polar surface area (TPSA) is 56.8 Å². The molecule has 2 rings (SSSR count). The van der Waals surface area contributed by atoms with Gasteiger partial charge in [0.05, 0.1) is 11.3 Å². The summed E-state index contributed by atoms with van der Waals surface area (Å²) in [4.78, 5) is 12.1. The fraction of sp³-hybridized carbons (Fsp3) is 0.188. The lowest BCUT2D eigenvalue weighted by molar-refractivity contribution is -0.690. The molecule has 1 heterocycles. The number of nitrogens with zero attached hydrogens (tertiary/aromatic N) is 2. The molecule has 1 aromatic carbocycles. The van der Waals surface area contributed by atoms with Gasteiger partial charge in [0.2, 0.25) is 6.54 Å². The molecule has 0 spiro atoms. The molecule has 0 unspecified atom stereocenters. The number of hydrogen-bond donors (Lipinski definition) is 1. The minimum absolute atomic E-state index is 0.185. The number of benzene rings is 1. The molecule has 21 heavy (non-hydrogen) atoms. The third kappa shape index (κ3) is 3.59. The van der Waals surface area contributed by atoms with Crippen molar-refractivity contribution < 1.29 is 9.36 Å². The molecule has 0 bridgehead atoms. The fourth-order valence-corrected chi connectivity index (χ4v) is 2.16. The number of carbonyl (C=O) groups excluding carboxylic acids is 1. The summed E-state index contributed by atoms with van der Waals surface area (Å²) < 4.78 is 1.86. The van der Waals surface area contributed by atoms with E-state index < -0.39 is 0 Å². The second kappa shape index (κ2) is 6.38. The molecule has 0 saturated carbocycles. The van der Waals surface area contributed by atoms with Gasteiger partial charge in [-0.2, -0.15) is 9.83 Å². The molecule has 5 heteroatoms. The summed E-state index contributed by atoms with van der Waals surface area (Å²) in [7, 11) is 0. The van der Waals surface area contributed by atoms with E-state index in [0.29, 0.717) is 16.3 Å². The third-order valence-corrected chi connectivity index (χ3v) is 3.54. The van der Waals surface area contributed by atoms with Crippen molar-refractivity contribution in [3.8, 4) is 6.07 Å². The SMILES string of the molecule is Cc1ccc[n+](CC(=O)Nc2cc(Cl)ccc2C#N)c1C. The van der Waals surface area contributed by atoms with Gasteiger partial charge in [-0.25, -0.2) is 0 Å². The Morgan fingerprint density at radius 3 is 2.86 bits per heavy atom. The Morgan fingerprint density at radius 1 is 1.38 bits per heavy atom. The van der Waals surface area contributed by atoms with Crippen molar-refractivity contribution in [3.05, 3.63) is 58.4 Å². The molecule has 0 radical (unpaired) electrons. The van der Waals surface area contributed by atoms with Crippen molar-refractivity contribution in [2.45, 2.75) is 20.4 Å². The van der Waals surface area contributed by atoms with Gasteiger partial charge in [0, 0.05) is 23.6 Å². The summed E-state index contributed by atoms with van der Waals surface area (Å²) in [5.74, 6) is -0.201. The van der Waals surface area contributed by atoms with Gasteiger partial charge in [-0.15, -0.1) is 0 Å². The first kappa shape index (κ1) is 15.0. The Hall–Kier alpha value is -2.38. The fourth-order valence-electron chi connectivity index (χ4n) is 1.98. The van der Waals surface area contributed by atoms with E-state index in [0.717, 1.165) is 11.3 Å². The van der Waals surface area contributed by atoms with Gasteiger partial charge in [0.25, 0.3) is 5.91 Å². The molecule has 0 aliphatic rings. The number of halogens is 1. The van der Waals surface area contributed by atoms with Crippen LogP contribution in [0.4, 0.5) is 5.69 Å². The maximum Gasteiger partial charge on any atom is 0.290 e. The number of hydrogen-bond acceptors (Lipinski definition) is 2. The van der Waals surface area contributed by atoms with Crippen LogP contribution in [0.15, 0.2) is 36.5 Å². The molecule has 4 nitrogen and oxygen atoms in total. The maximum absolute atomic E-state index is 12.1. The van der Waals surface area contributed by atoms with Gasteiger partial charge in [0.15, 0.2) is 11.9 Å². The molecule has 1 aromatic heterocycles. The molecule has 0 saturated heterocycles. The molecule has 0 atom stereocenters. The number of amides is 1. The Morgan fingerprint density at radius 2 is 2.14 bits per heavy atom. The maximum atomic E-state index is 12.1. The van der Waals surface area contributed by atoms with Crippen LogP contribution in [0, 0.1) is 25.2 Å². The zero-order valence-corrected chi connectivity index (χ0v) is 12.6. The summed E-state index contributed by atoms with van der Waals surface area (Å²) >= 11 is 5.90. The minimum Gasteiger partial charge on any atom is -0.319 e. The van der Waals surface area contributed by atoms with Crippen LogP contribution < -0.4 is 9.88 Å². The van der Waals surface area contributed by atoms with Gasteiger partial charge in [-0.3, -0.25) is 4.79 Å². The van der Waals surface area contributed by atoms with Crippen molar-refractivity contribution in [1.82, 2.24) is 0 Å². The van der Waals surface area contributed by atoms with Gasteiger partial charge in [-0.05, 0) is 31.2 Å². The summed E-state index contributed by atoms with van der Waals surface area (Å²) in [5, 5.41) is 12.2. The first-order valence-corrected chi connectivity index (χ1v) is 6.84. The highest BCUT2D eigenvalue weighted by Crippen LogP contribution is 2.20. The van der Waals surface area contributed by atoms with Crippen LogP contribution in [-0.2, 0) is 11.3 Å². The first-order valence-electron chi connectivity index (χ1n) is 6.46. The Bertz CT molecular complexity index is 735. The normalized spacial score (nSPS) is 10.0. The van der Waals surface area contributed by atoms with Crippen LogP contribution in [0.5, 0.6) is 0 Å². The largest absolute Gasteiger partial charge is 0.319 e. The summed E-state index contributed by atoms with van der Waals surface area (Å²) in [6, 6.07) is 10.7. The van der Waals surface area contributed by atoms with E-state index in [1.165, 1.54) is 0 Å². The molecule has 2 aromatic rings. The number of carbonyl (C=O) groups is 1. The van der Waals surface area contributed by atoms with Gasteiger partial charge in [-0.1, -0.05) is 11.6 Å². The predicted molar refractivity (Wildman–Crippen MR) is 80.9 cm³/mol. The lowest BCUT2D eigenvalue weighted by Crippen LogP contribution is -2.43. The summed E-state index contributed by atoms with van der Waals surface area (Å²) in [6.45, 7) is 4.14. The summed E-state index contributed by atoms with van der Waals surface area (Å²) in [6.07, 6.45) is 1.85. The van der Waals surface area contributed by atoms with Gasteiger partial charge < -0.3 is 5.32 Å². The van der Waals surface area contributed by atoms with E-state index in [4.69, 9.17) is 16.9 Å². The van der Waals surface area contributed by atoms with Crippen LogP contribution in [0.2, 0.25) is 5.02 Å². The number of aromatic nitrogens is 1. The number of aryl methyl sites for hydroxylation is 1. The number of anilines is 1. The van der Waals surface area contributed by atoms with E-state index in [2.05, 4.69) is 5.32 Å². The van der Waals surface area contributed by atoms with Crippen LogP contribution in [-0.4, -0.2) is 5.91 Å². The van der Waals surface area contributed by atoms with Crippen molar-refractivity contribution in [2.24, 2.45) is 0 Å². The molecular weight excluding hydrogens is 286 g/mol. The lowest BCUT2D eigenvalue weighted by atomic mass is 10.2. The average molecular weight is 301 g/mol. The number of nitriles is 1. The number of nitrogens with one attached hydrogen (secondary N) is 1. The minimum atomic E-state index is -0.201. The predicted octanol–water partition coefficient (Wildman–Crippen LogP) is 2.75. The number of pyridine rings is 1. The van der Waals surface area contributed by atoms with E-state index in [1.807, 2.05) is 42.8 Å². The highest BCUT2D eigenvalue weighted by molar-refractivity contribution is 6.31. The molecule has 0 aliphatic carbocycles. The van der Waals surface area contributed by atoms with Gasteiger partial charge in [0.1, 0.15) is 6.07 Å². The third-order valence-electron chi connectivity index (χ3n) is 3.30. The van der Waals surface area contributed by atoms with Crippen LogP contribution >= 0.6 is 11.6 Å². The highest BCUT2D eigenvalue weighted by atomic mass is 35.5. The van der Waals surface area contributed by atoms with Crippen LogP contribution in [0.1, 0.15) is 16.8 Å². The second-order valence-electron chi connectivity index (χ2n) is 4.75. The quantitative estimate of drug-likeness (QED) is 0.886. The smallest absolute Gasteiger partial charge is 0.290 e. The molecular formula is C16H15ClN3O+. The van der Waals surface area contributed by atoms with Crippen molar-refractivity contribution in [3.63, 3.8) is 0 Å². The van der Waals surface area contributed by atoms with E-state index in [-0.39, 0.29) is 12.5 Å². The molecule has 106 valence electrons. The first-order chi connectivity index (χ1) is 10.0. The van der Waals surface area contributed by atoms with E-state index >= 15 is 0 Å². The van der Waals surface area contributed by atoms with E-state index in [1.54, 1.807) is 18.2 Å². The van der Waals surface area contributed by atoms with E-state index in [9.17, 15) is 4.79 Å². The molecule has 0 fully saturated rings. The van der Waals surface area contributed by atoms with Crippen molar-refractivity contribution >= 4 is 23.2 Å². The highest BCUT2D eigenvalue weighted by Gasteiger charge is 2.15. The molecule has 1 N–H and O–H groups in total. The van der Waals surface area contributed by atoms with Crippen LogP contribution in [0.25, 0.3) is 0 Å². The zero-order chi connectivity index (χ0) is 15.4. The molecule has 1 amide bonds. The monoisotopic (exact) mass is 300 g/mol. The van der Waals surface area contributed by atoms with Crippen molar-refractivity contribution in [1.29, 1.82) is 5.26 Å². The Balaban J connectivity index is 2.18. The standard InChI is InChI=1S/C16H14ClN3O/c1-11-4-3-7-20(12(11)2)10-16(21)19-15-8-14(17)6-5-13(15)9-18/h3-8H,10H2,1-2H3/p+1. The van der Waals surface area contributed by atoms with Crippen LogP contribution in [0.3, 0.4) is 0 Å². The Kier molecular flexibility index (Phi) is 4.56.